The van der Waals surface area contributed by atoms with Gasteiger partial charge in [0.25, 0.3) is 0 Å². The Bertz CT molecular complexity index is 304. The molecule has 0 aromatic rings. The second-order valence-electron chi connectivity index (χ2n) is 6.88. The number of nitrogens with one attached hydrogen (secondary N) is 1. The van der Waals surface area contributed by atoms with Gasteiger partial charge in [0.1, 0.15) is 0 Å². The van der Waals surface area contributed by atoms with Gasteiger partial charge in [0, 0.05) is 19.1 Å². The molecule has 2 N–H and O–H groups in total. The summed E-state index contributed by atoms with van der Waals surface area (Å²) in [5.74, 6) is 0.493. The van der Waals surface area contributed by atoms with Crippen LogP contribution < -0.4 is 5.32 Å². The van der Waals surface area contributed by atoms with Crippen LogP contribution in [0.15, 0.2) is 11.6 Å². The van der Waals surface area contributed by atoms with E-state index in [0.717, 1.165) is 19.5 Å². The molecule has 3 nitrogen and oxygen atoms in total. The van der Waals surface area contributed by atoms with Crippen LogP contribution in [0, 0.1) is 5.92 Å². The molecule has 1 saturated carbocycles. The Kier molecular flexibility index (Phi) is 6.53. The van der Waals surface area contributed by atoms with Crippen molar-refractivity contribution in [2.45, 2.75) is 64.5 Å². The van der Waals surface area contributed by atoms with Crippen molar-refractivity contribution in [3.8, 4) is 0 Å². The van der Waals surface area contributed by atoms with Gasteiger partial charge in [-0.15, -0.1) is 0 Å². The lowest BCUT2D eigenvalue weighted by Crippen LogP contribution is -2.45. The fourth-order valence-electron chi connectivity index (χ4n) is 3.38. The Morgan fingerprint density at radius 2 is 1.85 bits per heavy atom. The summed E-state index contributed by atoms with van der Waals surface area (Å²) in [5.41, 5.74) is 1.41. The summed E-state index contributed by atoms with van der Waals surface area (Å²) >= 11 is 0. The molecular formula is C17H32N2O. The SMILES string of the molecule is CC(C)=CCN1CCC(NCC2CCCCC2O)CC1. The third-order valence-electron chi connectivity index (χ3n) is 4.88. The van der Waals surface area contributed by atoms with Crippen molar-refractivity contribution in [2.24, 2.45) is 5.92 Å². The lowest BCUT2D eigenvalue weighted by molar-refractivity contribution is 0.0662. The maximum atomic E-state index is 10.0. The summed E-state index contributed by atoms with van der Waals surface area (Å²) in [6, 6.07) is 0.659. The van der Waals surface area contributed by atoms with Crippen LogP contribution in [0.5, 0.6) is 0 Å². The average Bonchev–Trinajstić information content (AvgIpc) is 2.45. The molecule has 1 saturated heterocycles. The molecule has 1 heterocycles. The van der Waals surface area contributed by atoms with Crippen LogP contribution in [0.4, 0.5) is 0 Å². The van der Waals surface area contributed by atoms with Gasteiger partial charge >= 0.3 is 0 Å². The molecular weight excluding hydrogens is 248 g/mol. The lowest BCUT2D eigenvalue weighted by Gasteiger charge is -2.34. The molecule has 0 aromatic carbocycles. The molecule has 0 amide bonds. The molecule has 0 radical (unpaired) electrons. The van der Waals surface area contributed by atoms with Crippen LogP contribution in [0.3, 0.4) is 0 Å². The third-order valence-corrected chi connectivity index (χ3v) is 4.88. The van der Waals surface area contributed by atoms with Crippen molar-refractivity contribution in [1.82, 2.24) is 10.2 Å². The summed E-state index contributed by atoms with van der Waals surface area (Å²) in [5, 5.41) is 13.7. The van der Waals surface area contributed by atoms with Crippen molar-refractivity contribution in [3.05, 3.63) is 11.6 Å². The van der Waals surface area contributed by atoms with Gasteiger partial charge in [-0.1, -0.05) is 24.5 Å². The molecule has 2 aliphatic rings. The van der Waals surface area contributed by atoms with Crippen LogP contribution in [-0.4, -0.2) is 48.3 Å². The molecule has 0 aromatic heterocycles. The molecule has 116 valence electrons. The first-order valence-corrected chi connectivity index (χ1v) is 8.42. The molecule has 0 spiro atoms. The van der Waals surface area contributed by atoms with Crippen LogP contribution in [0.1, 0.15) is 52.4 Å². The summed E-state index contributed by atoms with van der Waals surface area (Å²) in [6.07, 6.45) is 9.48. The summed E-state index contributed by atoms with van der Waals surface area (Å²) in [6.45, 7) is 8.87. The minimum Gasteiger partial charge on any atom is -0.393 e. The maximum Gasteiger partial charge on any atom is 0.0580 e. The van der Waals surface area contributed by atoms with Gasteiger partial charge in [0.2, 0.25) is 0 Å². The first kappa shape index (κ1) is 16.0. The number of rotatable bonds is 5. The fraction of sp³-hybridized carbons (Fsp3) is 0.882. The number of allylic oxidation sites excluding steroid dienone is 1. The maximum absolute atomic E-state index is 10.0. The Morgan fingerprint density at radius 3 is 2.50 bits per heavy atom. The van der Waals surface area contributed by atoms with Crippen molar-refractivity contribution < 1.29 is 5.11 Å². The molecule has 2 fully saturated rings. The van der Waals surface area contributed by atoms with E-state index in [1.54, 1.807) is 0 Å². The zero-order chi connectivity index (χ0) is 14.4. The normalized spacial score (nSPS) is 29.4. The van der Waals surface area contributed by atoms with E-state index in [0.29, 0.717) is 12.0 Å². The van der Waals surface area contributed by atoms with Gasteiger partial charge < -0.3 is 10.4 Å². The Hall–Kier alpha value is -0.380. The standard InChI is InChI=1S/C17H32N2O/c1-14(2)7-10-19-11-8-16(9-12-19)18-13-15-5-3-4-6-17(15)20/h7,15-18,20H,3-6,8-13H2,1-2H3. The van der Waals surface area contributed by atoms with Crippen molar-refractivity contribution >= 4 is 0 Å². The molecule has 2 atom stereocenters. The topological polar surface area (TPSA) is 35.5 Å². The van der Waals surface area contributed by atoms with E-state index in [-0.39, 0.29) is 6.10 Å². The fourth-order valence-corrected chi connectivity index (χ4v) is 3.38. The minimum atomic E-state index is -0.0611. The van der Waals surface area contributed by atoms with Gasteiger partial charge in [-0.3, -0.25) is 4.90 Å². The quantitative estimate of drug-likeness (QED) is 0.760. The molecule has 2 unspecified atom stereocenters. The van der Waals surface area contributed by atoms with E-state index in [1.165, 1.54) is 50.8 Å². The average molecular weight is 280 g/mol. The summed E-state index contributed by atoms with van der Waals surface area (Å²) < 4.78 is 0. The monoisotopic (exact) mass is 280 g/mol. The predicted octanol–water partition coefficient (Wildman–Crippen LogP) is 2.56. The number of aliphatic hydroxyl groups excluding tert-OH is 1. The van der Waals surface area contributed by atoms with Gasteiger partial charge in [-0.05, 0) is 58.5 Å². The van der Waals surface area contributed by atoms with Crippen molar-refractivity contribution in [1.29, 1.82) is 0 Å². The molecule has 1 aliphatic heterocycles. The number of nitrogens with zero attached hydrogens (tertiary/aromatic N) is 1. The first-order valence-electron chi connectivity index (χ1n) is 8.42. The predicted molar refractivity (Wildman–Crippen MR) is 84.9 cm³/mol. The zero-order valence-corrected chi connectivity index (χ0v) is 13.3. The van der Waals surface area contributed by atoms with Gasteiger partial charge in [0.05, 0.1) is 6.10 Å². The number of likely N-dealkylation sites (tertiary alicyclic amines) is 1. The van der Waals surface area contributed by atoms with E-state index in [9.17, 15) is 5.11 Å². The molecule has 0 bridgehead atoms. The van der Waals surface area contributed by atoms with E-state index in [1.807, 2.05) is 0 Å². The summed E-state index contributed by atoms with van der Waals surface area (Å²) in [7, 11) is 0. The van der Waals surface area contributed by atoms with Crippen LogP contribution in [0.2, 0.25) is 0 Å². The zero-order valence-electron chi connectivity index (χ0n) is 13.3. The van der Waals surface area contributed by atoms with E-state index < -0.39 is 0 Å². The first-order chi connectivity index (χ1) is 9.65. The van der Waals surface area contributed by atoms with Gasteiger partial charge in [0.15, 0.2) is 0 Å². The van der Waals surface area contributed by atoms with Crippen LogP contribution in [-0.2, 0) is 0 Å². The second kappa shape index (κ2) is 8.16. The number of piperidine rings is 1. The minimum absolute atomic E-state index is 0.0611. The summed E-state index contributed by atoms with van der Waals surface area (Å²) in [4.78, 5) is 2.54. The number of hydrogen-bond acceptors (Lipinski definition) is 3. The highest BCUT2D eigenvalue weighted by atomic mass is 16.3. The second-order valence-corrected chi connectivity index (χ2v) is 6.88. The smallest absolute Gasteiger partial charge is 0.0580 e. The van der Waals surface area contributed by atoms with Gasteiger partial charge in [-0.2, -0.15) is 0 Å². The Labute approximate surface area is 124 Å². The highest BCUT2D eigenvalue weighted by Crippen LogP contribution is 2.24. The van der Waals surface area contributed by atoms with Crippen molar-refractivity contribution in [3.63, 3.8) is 0 Å². The van der Waals surface area contributed by atoms with E-state index >= 15 is 0 Å². The van der Waals surface area contributed by atoms with Crippen LogP contribution in [0.25, 0.3) is 0 Å². The van der Waals surface area contributed by atoms with Crippen molar-refractivity contribution in [2.75, 3.05) is 26.2 Å². The van der Waals surface area contributed by atoms with E-state index in [2.05, 4.69) is 30.1 Å². The largest absolute Gasteiger partial charge is 0.393 e. The molecule has 2 rings (SSSR count). The lowest BCUT2D eigenvalue weighted by atomic mass is 9.86. The van der Waals surface area contributed by atoms with E-state index in [4.69, 9.17) is 0 Å². The number of hydrogen-bond donors (Lipinski definition) is 2. The Balaban J connectivity index is 1.63. The van der Waals surface area contributed by atoms with Crippen LogP contribution >= 0.6 is 0 Å². The molecule has 1 aliphatic carbocycles. The highest BCUT2D eigenvalue weighted by molar-refractivity contribution is 4.95. The molecule has 20 heavy (non-hydrogen) atoms. The number of aliphatic hydroxyl groups is 1. The Morgan fingerprint density at radius 1 is 1.15 bits per heavy atom. The highest BCUT2D eigenvalue weighted by Gasteiger charge is 2.24. The third kappa shape index (κ3) is 5.19. The van der Waals surface area contributed by atoms with Gasteiger partial charge in [-0.25, -0.2) is 0 Å². The molecule has 3 heteroatoms.